The van der Waals surface area contributed by atoms with Crippen LogP contribution in [0.3, 0.4) is 0 Å². The topological polar surface area (TPSA) is 23.6 Å². The average Bonchev–Trinajstić information content (AvgIpc) is 2.46. The third-order valence-corrected chi connectivity index (χ3v) is 5.64. The SMILES string of the molecule is Cc1ccc(C(=O)N2CCC3C(CCCN3C)C2)c(Br)c1. The molecular weight excluding hydrogens is 328 g/mol. The first-order valence-corrected chi connectivity index (χ1v) is 8.61. The molecule has 0 N–H and O–H groups in total. The van der Waals surface area contributed by atoms with E-state index in [0.717, 1.165) is 29.5 Å². The van der Waals surface area contributed by atoms with E-state index in [2.05, 4.69) is 32.8 Å². The molecule has 2 aliphatic heterocycles. The fourth-order valence-corrected chi connectivity index (χ4v) is 4.46. The van der Waals surface area contributed by atoms with E-state index in [0.29, 0.717) is 12.0 Å². The highest BCUT2D eigenvalue weighted by molar-refractivity contribution is 9.10. The van der Waals surface area contributed by atoms with Crippen molar-refractivity contribution in [3.63, 3.8) is 0 Å². The monoisotopic (exact) mass is 350 g/mol. The predicted molar refractivity (Wildman–Crippen MR) is 88.5 cm³/mol. The Morgan fingerprint density at radius 1 is 1.29 bits per heavy atom. The van der Waals surface area contributed by atoms with Crippen molar-refractivity contribution in [3.8, 4) is 0 Å². The molecule has 2 fully saturated rings. The highest BCUT2D eigenvalue weighted by Gasteiger charge is 2.36. The fraction of sp³-hybridized carbons (Fsp3) is 0.588. The molecule has 0 aromatic heterocycles. The van der Waals surface area contributed by atoms with E-state index in [1.165, 1.54) is 24.9 Å². The number of fused-ring (bicyclic) bond motifs is 1. The van der Waals surface area contributed by atoms with Gasteiger partial charge in [0.2, 0.25) is 0 Å². The van der Waals surface area contributed by atoms with Crippen molar-refractivity contribution in [1.82, 2.24) is 9.80 Å². The smallest absolute Gasteiger partial charge is 0.255 e. The minimum absolute atomic E-state index is 0.175. The second-order valence-corrected chi connectivity index (χ2v) is 7.33. The highest BCUT2D eigenvalue weighted by atomic mass is 79.9. The first kappa shape index (κ1) is 15.0. The highest BCUT2D eigenvalue weighted by Crippen LogP contribution is 2.31. The number of halogens is 1. The predicted octanol–water partition coefficient (Wildman–Crippen LogP) is 3.31. The van der Waals surface area contributed by atoms with Gasteiger partial charge < -0.3 is 9.80 Å². The Hall–Kier alpha value is -0.870. The lowest BCUT2D eigenvalue weighted by molar-refractivity contribution is 0.0316. The minimum Gasteiger partial charge on any atom is -0.338 e. The molecule has 3 rings (SSSR count). The maximum Gasteiger partial charge on any atom is 0.255 e. The zero-order valence-electron chi connectivity index (χ0n) is 12.8. The number of aryl methyl sites for hydroxylation is 1. The van der Waals surface area contributed by atoms with Crippen molar-refractivity contribution in [2.75, 3.05) is 26.7 Å². The quantitative estimate of drug-likeness (QED) is 0.775. The molecule has 0 bridgehead atoms. The summed E-state index contributed by atoms with van der Waals surface area (Å²) in [6.07, 6.45) is 3.62. The molecule has 0 aliphatic carbocycles. The van der Waals surface area contributed by atoms with Crippen LogP contribution in [0.15, 0.2) is 22.7 Å². The van der Waals surface area contributed by atoms with E-state index >= 15 is 0 Å². The van der Waals surface area contributed by atoms with Crippen LogP contribution >= 0.6 is 15.9 Å². The summed E-state index contributed by atoms with van der Waals surface area (Å²) in [5, 5.41) is 0. The Kier molecular flexibility index (Phi) is 4.36. The Morgan fingerprint density at radius 3 is 2.86 bits per heavy atom. The minimum atomic E-state index is 0.175. The van der Waals surface area contributed by atoms with Gasteiger partial charge in [-0.3, -0.25) is 4.79 Å². The lowest BCUT2D eigenvalue weighted by Gasteiger charge is -2.46. The molecule has 2 aliphatic rings. The lowest BCUT2D eigenvalue weighted by Crippen LogP contribution is -2.53. The van der Waals surface area contributed by atoms with Crippen LogP contribution in [0, 0.1) is 12.8 Å². The van der Waals surface area contributed by atoms with Crippen LogP contribution in [0.2, 0.25) is 0 Å². The summed E-state index contributed by atoms with van der Waals surface area (Å²) < 4.78 is 0.912. The molecular formula is C17H23BrN2O. The Bertz CT molecular complexity index is 546. The third-order valence-electron chi connectivity index (χ3n) is 4.99. The van der Waals surface area contributed by atoms with Gasteiger partial charge in [0.1, 0.15) is 0 Å². The van der Waals surface area contributed by atoms with Gasteiger partial charge in [-0.1, -0.05) is 6.07 Å². The number of carbonyl (C=O) groups is 1. The number of carbonyl (C=O) groups excluding carboxylic acids is 1. The Balaban J connectivity index is 1.74. The summed E-state index contributed by atoms with van der Waals surface area (Å²) in [7, 11) is 2.23. The second-order valence-electron chi connectivity index (χ2n) is 6.47. The van der Waals surface area contributed by atoms with Crippen LogP contribution in [-0.2, 0) is 0 Å². The number of benzene rings is 1. The van der Waals surface area contributed by atoms with E-state index in [1.807, 2.05) is 25.1 Å². The summed E-state index contributed by atoms with van der Waals surface area (Å²) in [5.41, 5.74) is 1.97. The van der Waals surface area contributed by atoms with Gasteiger partial charge in [-0.25, -0.2) is 0 Å². The van der Waals surface area contributed by atoms with Gasteiger partial charge >= 0.3 is 0 Å². The standard InChI is InChI=1S/C17H23BrN2O/c1-12-5-6-14(15(18)10-12)17(21)20-9-7-16-13(11-20)4-3-8-19(16)2/h5-6,10,13,16H,3-4,7-9,11H2,1-2H3. The third kappa shape index (κ3) is 3.02. The summed E-state index contributed by atoms with van der Waals surface area (Å²) in [6.45, 7) is 5.04. The summed E-state index contributed by atoms with van der Waals surface area (Å²) >= 11 is 3.54. The number of piperidine rings is 2. The zero-order valence-corrected chi connectivity index (χ0v) is 14.4. The fourth-order valence-electron chi connectivity index (χ4n) is 3.80. The van der Waals surface area contributed by atoms with E-state index in [1.54, 1.807) is 0 Å². The van der Waals surface area contributed by atoms with E-state index < -0.39 is 0 Å². The molecule has 4 heteroatoms. The molecule has 1 amide bonds. The maximum atomic E-state index is 12.8. The second kappa shape index (κ2) is 6.09. The molecule has 1 aromatic rings. The molecule has 0 spiro atoms. The van der Waals surface area contributed by atoms with Crippen LogP contribution in [-0.4, -0.2) is 48.4 Å². The largest absolute Gasteiger partial charge is 0.338 e. The number of amides is 1. The lowest BCUT2D eigenvalue weighted by atomic mass is 9.84. The maximum absolute atomic E-state index is 12.8. The number of nitrogens with zero attached hydrogens (tertiary/aromatic N) is 2. The van der Waals surface area contributed by atoms with Gasteiger partial charge in [0, 0.05) is 23.6 Å². The molecule has 0 saturated carbocycles. The molecule has 2 heterocycles. The Morgan fingerprint density at radius 2 is 2.10 bits per heavy atom. The molecule has 2 saturated heterocycles. The van der Waals surface area contributed by atoms with Crippen molar-refractivity contribution in [3.05, 3.63) is 33.8 Å². The molecule has 21 heavy (non-hydrogen) atoms. The Labute approximate surface area is 135 Å². The van der Waals surface area contributed by atoms with E-state index in [-0.39, 0.29) is 5.91 Å². The number of rotatable bonds is 1. The van der Waals surface area contributed by atoms with Gasteiger partial charge in [-0.2, -0.15) is 0 Å². The van der Waals surface area contributed by atoms with Gasteiger partial charge in [-0.05, 0) is 79.3 Å². The van der Waals surface area contributed by atoms with Crippen molar-refractivity contribution >= 4 is 21.8 Å². The number of hydrogen-bond donors (Lipinski definition) is 0. The van der Waals surface area contributed by atoms with E-state index in [9.17, 15) is 4.79 Å². The molecule has 1 aromatic carbocycles. The van der Waals surface area contributed by atoms with Crippen LogP contribution < -0.4 is 0 Å². The zero-order chi connectivity index (χ0) is 15.0. The summed E-state index contributed by atoms with van der Waals surface area (Å²) in [6, 6.07) is 6.65. The van der Waals surface area contributed by atoms with Gasteiger partial charge in [0.05, 0.1) is 5.56 Å². The molecule has 2 unspecified atom stereocenters. The van der Waals surface area contributed by atoms with Crippen molar-refractivity contribution in [2.45, 2.75) is 32.2 Å². The first-order chi connectivity index (χ1) is 10.1. The molecule has 114 valence electrons. The van der Waals surface area contributed by atoms with Crippen molar-refractivity contribution in [1.29, 1.82) is 0 Å². The molecule has 2 atom stereocenters. The van der Waals surface area contributed by atoms with Gasteiger partial charge in [0.15, 0.2) is 0 Å². The van der Waals surface area contributed by atoms with Crippen molar-refractivity contribution < 1.29 is 4.79 Å². The van der Waals surface area contributed by atoms with E-state index in [4.69, 9.17) is 0 Å². The first-order valence-electron chi connectivity index (χ1n) is 7.82. The molecule has 3 nitrogen and oxygen atoms in total. The van der Waals surface area contributed by atoms with Crippen LogP contribution in [0.5, 0.6) is 0 Å². The van der Waals surface area contributed by atoms with Crippen LogP contribution in [0.4, 0.5) is 0 Å². The summed E-state index contributed by atoms with van der Waals surface area (Å²) in [5.74, 6) is 0.819. The number of likely N-dealkylation sites (tertiary alicyclic amines) is 2. The number of hydrogen-bond acceptors (Lipinski definition) is 2. The van der Waals surface area contributed by atoms with Crippen molar-refractivity contribution in [2.24, 2.45) is 5.92 Å². The summed E-state index contributed by atoms with van der Waals surface area (Å²) in [4.78, 5) is 17.3. The van der Waals surface area contributed by atoms with Crippen LogP contribution in [0.25, 0.3) is 0 Å². The normalized spacial score (nSPS) is 26.5. The van der Waals surface area contributed by atoms with Gasteiger partial charge in [0.25, 0.3) is 5.91 Å². The molecule has 0 radical (unpaired) electrons. The van der Waals surface area contributed by atoms with Gasteiger partial charge in [-0.15, -0.1) is 0 Å². The average molecular weight is 351 g/mol. The van der Waals surface area contributed by atoms with Crippen LogP contribution in [0.1, 0.15) is 35.2 Å².